The molecular weight excluding hydrogens is 358 g/mol. The first-order valence-electron chi connectivity index (χ1n) is 9.35. The summed E-state index contributed by atoms with van der Waals surface area (Å²) in [5, 5.41) is 0. The maximum Gasteiger partial charge on any atom is 0.260 e. The van der Waals surface area contributed by atoms with Gasteiger partial charge < -0.3 is 19.1 Å². The van der Waals surface area contributed by atoms with Crippen molar-refractivity contribution in [1.29, 1.82) is 0 Å². The average Bonchev–Trinajstić information content (AvgIpc) is 2.77. The van der Waals surface area contributed by atoms with Crippen LogP contribution in [-0.2, 0) is 4.79 Å². The summed E-state index contributed by atoms with van der Waals surface area (Å²) in [5.74, 6) is 1.31. The molecule has 0 aromatic heterocycles. The van der Waals surface area contributed by atoms with Crippen LogP contribution in [0.25, 0.3) is 0 Å². The molecule has 2 aromatic carbocycles. The lowest BCUT2D eigenvalue weighted by Crippen LogP contribution is -2.44. The number of piperidine rings is 1. The van der Waals surface area contributed by atoms with Gasteiger partial charge in [-0.05, 0) is 37.1 Å². The van der Waals surface area contributed by atoms with E-state index in [1.54, 1.807) is 43.4 Å². The number of carbonyl (C=O) groups is 2. The van der Waals surface area contributed by atoms with E-state index in [0.717, 1.165) is 12.8 Å². The van der Waals surface area contributed by atoms with Gasteiger partial charge in [0, 0.05) is 19.0 Å². The van der Waals surface area contributed by atoms with Crippen LogP contribution in [-0.4, -0.2) is 50.5 Å². The van der Waals surface area contributed by atoms with E-state index < -0.39 is 0 Å². The fourth-order valence-corrected chi connectivity index (χ4v) is 3.45. The Morgan fingerprint density at radius 3 is 2.32 bits per heavy atom. The Balaban J connectivity index is 1.62. The Bertz CT molecular complexity index is 835. The highest BCUT2D eigenvalue weighted by molar-refractivity contribution is 6.00. The number of hydrogen-bond donors (Lipinski definition) is 0. The third kappa shape index (κ3) is 4.44. The maximum atomic E-state index is 12.9. The zero-order chi connectivity index (χ0) is 19.9. The van der Waals surface area contributed by atoms with E-state index in [2.05, 4.69) is 0 Å². The van der Waals surface area contributed by atoms with Gasteiger partial charge in [-0.3, -0.25) is 9.59 Å². The average molecular weight is 383 g/mol. The number of Topliss-reactive ketones (excluding diaryl/α,β-unsaturated/α-hetero) is 1. The Morgan fingerprint density at radius 2 is 1.61 bits per heavy atom. The number of ketones is 1. The number of benzene rings is 2. The quantitative estimate of drug-likeness (QED) is 0.687. The normalized spacial score (nSPS) is 16.4. The molecule has 2 aromatic rings. The van der Waals surface area contributed by atoms with E-state index in [4.69, 9.17) is 14.2 Å². The molecule has 6 heteroatoms. The molecular formula is C22H25NO5. The number of hydrogen-bond acceptors (Lipinski definition) is 5. The second-order valence-corrected chi connectivity index (χ2v) is 6.68. The largest absolute Gasteiger partial charge is 0.496 e. The number of methoxy groups -OCH3 is 2. The Labute approximate surface area is 165 Å². The fraction of sp³-hybridized carbons (Fsp3) is 0.364. The second-order valence-electron chi connectivity index (χ2n) is 6.68. The zero-order valence-corrected chi connectivity index (χ0v) is 16.2. The van der Waals surface area contributed by atoms with Crippen LogP contribution in [0.5, 0.6) is 17.2 Å². The van der Waals surface area contributed by atoms with Crippen molar-refractivity contribution in [3.63, 3.8) is 0 Å². The third-order valence-electron chi connectivity index (χ3n) is 4.94. The number of rotatable bonds is 7. The van der Waals surface area contributed by atoms with Gasteiger partial charge in [-0.1, -0.05) is 24.3 Å². The van der Waals surface area contributed by atoms with Crippen LogP contribution in [0.1, 0.15) is 23.2 Å². The molecule has 3 rings (SSSR count). The van der Waals surface area contributed by atoms with Gasteiger partial charge in [0.25, 0.3) is 5.91 Å². The minimum atomic E-state index is -0.236. The van der Waals surface area contributed by atoms with E-state index in [-0.39, 0.29) is 24.2 Å². The summed E-state index contributed by atoms with van der Waals surface area (Å²) in [7, 11) is 3.11. The van der Waals surface area contributed by atoms with Crippen molar-refractivity contribution in [3.8, 4) is 17.2 Å². The van der Waals surface area contributed by atoms with Crippen molar-refractivity contribution in [3.05, 3.63) is 54.1 Å². The molecule has 148 valence electrons. The fourth-order valence-electron chi connectivity index (χ4n) is 3.45. The van der Waals surface area contributed by atoms with Gasteiger partial charge in [-0.15, -0.1) is 0 Å². The van der Waals surface area contributed by atoms with Crippen molar-refractivity contribution in [1.82, 2.24) is 4.90 Å². The van der Waals surface area contributed by atoms with Gasteiger partial charge in [0.2, 0.25) is 0 Å². The summed E-state index contributed by atoms with van der Waals surface area (Å²) < 4.78 is 16.2. The molecule has 0 radical (unpaired) electrons. The number of carbonyl (C=O) groups excluding carboxylic acids is 2. The van der Waals surface area contributed by atoms with E-state index in [9.17, 15) is 9.59 Å². The zero-order valence-electron chi connectivity index (χ0n) is 16.2. The van der Waals surface area contributed by atoms with Crippen molar-refractivity contribution in [2.45, 2.75) is 12.8 Å². The van der Waals surface area contributed by atoms with Crippen LogP contribution in [0.2, 0.25) is 0 Å². The SMILES string of the molecule is COc1ccccc1OCC(=O)N1CCC[C@H](C(=O)c2ccccc2OC)C1. The highest BCUT2D eigenvalue weighted by atomic mass is 16.5. The molecule has 1 fully saturated rings. The standard InChI is InChI=1S/C22H25NO5/c1-26-18-10-4-3-9-17(18)22(25)16-8-7-13-23(14-16)21(24)15-28-20-12-6-5-11-19(20)27-2/h3-6,9-12,16H,7-8,13-15H2,1-2H3/t16-/m0/s1. The van der Waals surface area contributed by atoms with E-state index in [1.165, 1.54) is 0 Å². The Morgan fingerprint density at radius 1 is 0.964 bits per heavy atom. The number of likely N-dealkylation sites (tertiary alicyclic amines) is 1. The molecule has 1 saturated heterocycles. The topological polar surface area (TPSA) is 65.1 Å². The van der Waals surface area contributed by atoms with Crippen molar-refractivity contribution in [2.75, 3.05) is 33.9 Å². The molecule has 1 amide bonds. The molecule has 0 unspecified atom stereocenters. The lowest BCUT2D eigenvalue weighted by Gasteiger charge is -2.32. The third-order valence-corrected chi connectivity index (χ3v) is 4.94. The van der Waals surface area contributed by atoms with Crippen LogP contribution in [0, 0.1) is 5.92 Å². The van der Waals surface area contributed by atoms with Crippen molar-refractivity contribution >= 4 is 11.7 Å². The first-order valence-corrected chi connectivity index (χ1v) is 9.35. The Kier molecular flexibility index (Phi) is 6.53. The molecule has 0 spiro atoms. The van der Waals surface area contributed by atoms with Crippen LogP contribution < -0.4 is 14.2 Å². The van der Waals surface area contributed by atoms with Crippen molar-refractivity contribution < 1.29 is 23.8 Å². The molecule has 1 aliphatic heterocycles. The van der Waals surface area contributed by atoms with Gasteiger partial charge in [0.05, 0.1) is 19.8 Å². The monoisotopic (exact) mass is 383 g/mol. The van der Waals surface area contributed by atoms with Gasteiger partial charge in [-0.25, -0.2) is 0 Å². The predicted molar refractivity (Wildman–Crippen MR) is 105 cm³/mol. The molecule has 0 N–H and O–H groups in total. The number of amides is 1. The summed E-state index contributed by atoms with van der Waals surface area (Å²) in [4.78, 5) is 27.3. The van der Waals surface area contributed by atoms with Crippen LogP contribution in [0.15, 0.2) is 48.5 Å². The van der Waals surface area contributed by atoms with Crippen LogP contribution in [0.4, 0.5) is 0 Å². The Hall–Kier alpha value is -3.02. The molecule has 1 aliphatic rings. The summed E-state index contributed by atoms with van der Waals surface area (Å²) in [6.07, 6.45) is 1.54. The number of para-hydroxylation sites is 3. The first-order chi connectivity index (χ1) is 13.6. The molecule has 0 bridgehead atoms. The lowest BCUT2D eigenvalue weighted by atomic mass is 9.89. The molecule has 6 nitrogen and oxygen atoms in total. The second kappa shape index (κ2) is 9.26. The first kappa shape index (κ1) is 19.7. The molecule has 0 saturated carbocycles. The van der Waals surface area contributed by atoms with Crippen LogP contribution >= 0.6 is 0 Å². The predicted octanol–water partition coefficient (Wildman–Crippen LogP) is 3.20. The summed E-state index contributed by atoms with van der Waals surface area (Å²) in [6, 6.07) is 14.4. The van der Waals surface area contributed by atoms with Gasteiger partial charge in [-0.2, -0.15) is 0 Å². The van der Waals surface area contributed by atoms with E-state index >= 15 is 0 Å². The van der Waals surface area contributed by atoms with Gasteiger partial charge in [0.15, 0.2) is 23.9 Å². The highest BCUT2D eigenvalue weighted by Gasteiger charge is 2.30. The number of ether oxygens (including phenoxy) is 3. The minimum absolute atomic E-state index is 0.0144. The van der Waals surface area contributed by atoms with E-state index in [0.29, 0.717) is 35.9 Å². The minimum Gasteiger partial charge on any atom is -0.496 e. The molecule has 28 heavy (non-hydrogen) atoms. The summed E-state index contributed by atoms with van der Waals surface area (Å²) >= 11 is 0. The summed E-state index contributed by atoms with van der Waals surface area (Å²) in [5.41, 5.74) is 0.564. The van der Waals surface area contributed by atoms with Gasteiger partial charge in [0.1, 0.15) is 5.75 Å². The number of nitrogens with zero attached hydrogens (tertiary/aromatic N) is 1. The van der Waals surface area contributed by atoms with E-state index in [1.807, 2.05) is 24.3 Å². The molecule has 1 heterocycles. The van der Waals surface area contributed by atoms with Gasteiger partial charge >= 0.3 is 0 Å². The summed E-state index contributed by atoms with van der Waals surface area (Å²) in [6.45, 7) is 0.935. The smallest absolute Gasteiger partial charge is 0.260 e. The molecule has 0 aliphatic carbocycles. The molecule has 1 atom stereocenters. The van der Waals surface area contributed by atoms with Crippen LogP contribution in [0.3, 0.4) is 0 Å². The highest BCUT2D eigenvalue weighted by Crippen LogP contribution is 2.27. The van der Waals surface area contributed by atoms with Crippen molar-refractivity contribution in [2.24, 2.45) is 5.92 Å². The maximum absolute atomic E-state index is 12.9. The lowest BCUT2D eigenvalue weighted by molar-refractivity contribution is -0.134.